The lowest BCUT2D eigenvalue weighted by molar-refractivity contribution is -0.110. The van der Waals surface area contributed by atoms with E-state index >= 15 is 0 Å². The molecule has 0 spiro atoms. The molecular formula is C6H13N2O2P. The fraction of sp³-hybridized carbons (Fsp3) is 0.833. The van der Waals surface area contributed by atoms with Crippen molar-refractivity contribution in [3.05, 3.63) is 0 Å². The predicted molar refractivity (Wildman–Crippen MR) is 44.8 cm³/mol. The van der Waals surface area contributed by atoms with Crippen LogP contribution in [0.3, 0.4) is 0 Å². The smallest absolute Gasteiger partial charge is 0.136 e. The van der Waals surface area contributed by atoms with Crippen molar-refractivity contribution < 1.29 is 9.42 Å². The zero-order valence-corrected chi connectivity index (χ0v) is 7.40. The van der Waals surface area contributed by atoms with E-state index in [-0.39, 0.29) is 6.04 Å². The summed E-state index contributed by atoms with van der Waals surface area (Å²) in [6, 6.07) is 0.362. The quantitative estimate of drug-likeness (QED) is 0.349. The molecule has 1 heterocycles. The number of carbonyl (C=O) groups excluding carboxylic acids is 1. The number of aldehydes is 1. The maximum Gasteiger partial charge on any atom is 0.136 e. The summed E-state index contributed by atoms with van der Waals surface area (Å²) in [5, 5.41) is 3.08. The van der Waals surface area contributed by atoms with Gasteiger partial charge in [0, 0.05) is 22.1 Å². The normalized spacial score (nSPS) is 31.7. The van der Waals surface area contributed by atoms with E-state index in [2.05, 4.69) is 24.9 Å². The van der Waals surface area contributed by atoms with Gasteiger partial charge in [0.1, 0.15) is 6.29 Å². The Kier molecular flexibility index (Phi) is 3.94. The molecule has 1 unspecified atom stereocenters. The number of carbonyl (C=O) groups is 1. The maximum atomic E-state index is 10.3. The van der Waals surface area contributed by atoms with Crippen molar-refractivity contribution in [1.29, 1.82) is 0 Å². The summed E-state index contributed by atoms with van der Waals surface area (Å²) in [5.74, 6) is 0. The molecule has 4 nitrogen and oxygen atoms in total. The average molecular weight is 176 g/mol. The molecule has 0 aromatic carbocycles. The Morgan fingerprint density at radius 2 is 2.45 bits per heavy atom. The molecule has 5 heteroatoms. The Morgan fingerprint density at radius 3 is 2.91 bits per heavy atom. The summed E-state index contributed by atoms with van der Waals surface area (Å²) < 4.78 is 4.69. The molecule has 64 valence electrons. The summed E-state index contributed by atoms with van der Waals surface area (Å²) in [4.78, 5) is 10.3. The highest BCUT2D eigenvalue weighted by Crippen LogP contribution is 2.06. The zero-order valence-electron chi connectivity index (χ0n) is 6.25. The van der Waals surface area contributed by atoms with E-state index in [9.17, 15) is 4.79 Å². The van der Waals surface area contributed by atoms with Crippen molar-refractivity contribution in [2.75, 3.05) is 6.54 Å². The van der Waals surface area contributed by atoms with Crippen LogP contribution in [-0.2, 0) is 9.42 Å². The third-order valence-electron chi connectivity index (χ3n) is 1.85. The van der Waals surface area contributed by atoms with Gasteiger partial charge in [-0.3, -0.25) is 4.62 Å². The van der Waals surface area contributed by atoms with E-state index in [1.807, 2.05) is 0 Å². The van der Waals surface area contributed by atoms with Gasteiger partial charge in [0.25, 0.3) is 0 Å². The SMILES string of the molecule is O=C[C@@H]1CC[C@@H](NOP)CN1. The van der Waals surface area contributed by atoms with Gasteiger partial charge in [0.2, 0.25) is 0 Å². The Labute approximate surface area is 68.3 Å². The summed E-state index contributed by atoms with van der Waals surface area (Å²) in [7, 11) is 2.14. The Bertz CT molecular complexity index is 126. The molecular weight excluding hydrogens is 163 g/mol. The molecule has 0 bridgehead atoms. The minimum Gasteiger partial charge on any atom is -0.306 e. The van der Waals surface area contributed by atoms with Crippen LogP contribution in [0.1, 0.15) is 12.8 Å². The number of hydrogen-bond donors (Lipinski definition) is 2. The highest BCUT2D eigenvalue weighted by Gasteiger charge is 2.18. The molecule has 0 amide bonds. The van der Waals surface area contributed by atoms with Crippen LogP contribution >= 0.6 is 9.47 Å². The second kappa shape index (κ2) is 4.78. The number of nitrogens with one attached hydrogen (secondary N) is 2. The van der Waals surface area contributed by atoms with Gasteiger partial charge in [-0.15, -0.1) is 0 Å². The maximum absolute atomic E-state index is 10.3. The highest BCUT2D eigenvalue weighted by atomic mass is 31.0. The first-order valence-electron chi connectivity index (χ1n) is 3.66. The second-order valence-corrected chi connectivity index (χ2v) is 2.90. The summed E-state index contributed by atoms with van der Waals surface area (Å²) in [6.07, 6.45) is 2.82. The van der Waals surface area contributed by atoms with Crippen LogP contribution in [0.15, 0.2) is 0 Å². The molecule has 1 saturated heterocycles. The van der Waals surface area contributed by atoms with Crippen LogP contribution in [0, 0.1) is 0 Å². The highest BCUT2D eigenvalue weighted by molar-refractivity contribution is 7.09. The van der Waals surface area contributed by atoms with Crippen LogP contribution in [0.4, 0.5) is 0 Å². The standard InChI is InChI=1S/C6H13N2O2P/c9-4-6-2-1-5(3-7-6)8-10-11/h4-8H,1-3,11H2/t5-,6+/m1/s1. The van der Waals surface area contributed by atoms with Crippen LogP contribution in [0.5, 0.6) is 0 Å². The van der Waals surface area contributed by atoms with Crippen LogP contribution < -0.4 is 10.8 Å². The van der Waals surface area contributed by atoms with Gasteiger partial charge < -0.3 is 10.1 Å². The van der Waals surface area contributed by atoms with E-state index in [4.69, 9.17) is 0 Å². The molecule has 0 aromatic heterocycles. The number of rotatable bonds is 3. The Morgan fingerprint density at radius 1 is 1.64 bits per heavy atom. The molecule has 3 atom stereocenters. The van der Waals surface area contributed by atoms with Crippen molar-refractivity contribution in [1.82, 2.24) is 10.8 Å². The van der Waals surface area contributed by atoms with Gasteiger partial charge in [-0.05, 0) is 12.8 Å². The lowest BCUT2D eigenvalue weighted by Gasteiger charge is -2.26. The fourth-order valence-electron chi connectivity index (χ4n) is 1.19. The first-order valence-corrected chi connectivity index (χ1v) is 4.14. The van der Waals surface area contributed by atoms with Crippen molar-refractivity contribution in [2.45, 2.75) is 24.9 Å². The van der Waals surface area contributed by atoms with Crippen LogP contribution in [-0.4, -0.2) is 24.9 Å². The average Bonchev–Trinajstić information content (AvgIpc) is 2.07. The van der Waals surface area contributed by atoms with E-state index in [0.717, 1.165) is 25.7 Å². The molecule has 1 rings (SSSR count). The number of piperidine rings is 1. The molecule has 11 heavy (non-hydrogen) atoms. The van der Waals surface area contributed by atoms with Crippen molar-refractivity contribution in [3.63, 3.8) is 0 Å². The molecule has 1 fully saturated rings. The molecule has 0 radical (unpaired) electrons. The Hall–Kier alpha value is -0.0200. The number of hydrogen-bond acceptors (Lipinski definition) is 4. The van der Waals surface area contributed by atoms with Crippen LogP contribution in [0.25, 0.3) is 0 Å². The fourth-order valence-corrected chi connectivity index (χ4v) is 1.38. The lowest BCUT2D eigenvalue weighted by Crippen LogP contribution is -2.47. The minimum absolute atomic E-state index is 0.0394. The van der Waals surface area contributed by atoms with Gasteiger partial charge in [-0.25, -0.2) is 0 Å². The molecule has 0 saturated carbocycles. The van der Waals surface area contributed by atoms with Gasteiger partial charge in [0.05, 0.1) is 6.04 Å². The molecule has 1 aliphatic rings. The van der Waals surface area contributed by atoms with Crippen LogP contribution in [0.2, 0.25) is 0 Å². The lowest BCUT2D eigenvalue weighted by atomic mass is 10.0. The summed E-state index contributed by atoms with van der Waals surface area (Å²) in [5.41, 5.74) is 2.81. The van der Waals surface area contributed by atoms with Gasteiger partial charge in [0.15, 0.2) is 0 Å². The third kappa shape index (κ3) is 2.83. The zero-order chi connectivity index (χ0) is 8.10. The van der Waals surface area contributed by atoms with Gasteiger partial charge >= 0.3 is 0 Å². The van der Waals surface area contributed by atoms with Gasteiger partial charge in [-0.2, -0.15) is 5.48 Å². The minimum atomic E-state index is 0.0394. The van der Waals surface area contributed by atoms with Crippen molar-refractivity contribution in [3.8, 4) is 0 Å². The topological polar surface area (TPSA) is 50.4 Å². The van der Waals surface area contributed by atoms with Gasteiger partial charge in [-0.1, -0.05) is 0 Å². The second-order valence-electron chi connectivity index (χ2n) is 2.66. The molecule has 0 aromatic rings. The first kappa shape index (κ1) is 9.07. The van der Waals surface area contributed by atoms with E-state index in [1.165, 1.54) is 0 Å². The largest absolute Gasteiger partial charge is 0.306 e. The first-order chi connectivity index (χ1) is 5.36. The summed E-state index contributed by atoms with van der Waals surface area (Å²) >= 11 is 0. The molecule has 1 aliphatic heterocycles. The Balaban J connectivity index is 2.18. The van der Waals surface area contributed by atoms with E-state index < -0.39 is 0 Å². The molecule has 2 N–H and O–H groups in total. The van der Waals surface area contributed by atoms with E-state index in [0.29, 0.717) is 6.04 Å². The van der Waals surface area contributed by atoms with E-state index in [1.54, 1.807) is 0 Å². The molecule has 0 aliphatic carbocycles. The summed E-state index contributed by atoms with van der Waals surface area (Å²) in [6.45, 7) is 0.789. The number of hydroxylamine groups is 1. The predicted octanol–water partition coefficient (Wildman–Crippen LogP) is -0.383. The monoisotopic (exact) mass is 176 g/mol. The third-order valence-corrected chi connectivity index (χ3v) is 1.99. The van der Waals surface area contributed by atoms with Crippen molar-refractivity contribution >= 4 is 15.8 Å². The van der Waals surface area contributed by atoms with Crippen molar-refractivity contribution in [2.24, 2.45) is 0 Å².